The Morgan fingerprint density at radius 3 is 2.43 bits per heavy atom. The van der Waals surface area contributed by atoms with Crippen LogP contribution in [0.2, 0.25) is 0 Å². The lowest BCUT2D eigenvalue weighted by atomic mass is 10.1. The highest BCUT2D eigenvalue weighted by Gasteiger charge is 2.08. The van der Waals surface area contributed by atoms with Gasteiger partial charge in [-0.15, -0.1) is 0 Å². The molecule has 4 heteroatoms. The first-order chi connectivity index (χ1) is 10.1. The number of aryl methyl sites for hydroxylation is 1. The summed E-state index contributed by atoms with van der Waals surface area (Å²) in [5.41, 5.74) is 2.99. The van der Waals surface area contributed by atoms with Crippen LogP contribution in [0.5, 0.6) is 0 Å². The first-order valence-corrected chi connectivity index (χ1v) is 8.38. The fraction of sp³-hybridized carbons (Fsp3) is 0.235. The van der Waals surface area contributed by atoms with E-state index in [4.69, 9.17) is 0 Å². The molecule has 1 amide bonds. The maximum atomic E-state index is 12.1. The van der Waals surface area contributed by atoms with Gasteiger partial charge in [-0.05, 0) is 30.2 Å². The lowest BCUT2D eigenvalue weighted by molar-refractivity contribution is -0.115. The van der Waals surface area contributed by atoms with Crippen LogP contribution in [0.3, 0.4) is 0 Å². The average Bonchev–Trinajstić information content (AvgIpc) is 2.49. The lowest BCUT2D eigenvalue weighted by Gasteiger charge is -2.07. The number of benzene rings is 2. The monoisotopic (exact) mass is 301 g/mol. The quantitative estimate of drug-likeness (QED) is 0.890. The molecule has 2 aromatic rings. The molecular weight excluding hydrogens is 282 g/mol. The molecule has 0 bridgehead atoms. The zero-order valence-corrected chi connectivity index (χ0v) is 12.9. The summed E-state index contributed by atoms with van der Waals surface area (Å²) in [5, 5.41) is 2.80. The summed E-state index contributed by atoms with van der Waals surface area (Å²) in [4.78, 5) is 11.8. The largest absolute Gasteiger partial charge is 0.326 e. The van der Waals surface area contributed by atoms with Crippen LogP contribution in [0.1, 0.15) is 17.5 Å². The van der Waals surface area contributed by atoms with Crippen LogP contribution in [0, 0.1) is 6.92 Å². The normalized spacial score (nSPS) is 11.9. The van der Waals surface area contributed by atoms with Crippen LogP contribution in [-0.4, -0.2) is 15.9 Å². The van der Waals surface area contributed by atoms with Gasteiger partial charge in [-0.2, -0.15) is 0 Å². The molecule has 110 valence electrons. The van der Waals surface area contributed by atoms with Gasteiger partial charge in [0.2, 0.25) is 5.91 Å². The second kappa shape index (κ2) is 7.74. The molecule has 2 rings (SSSR count). The number of anilines is 1. The highest BCUT2D eigenvalue weighted by atomic mass is 32.2. The molecule has 0 aliphatic rings. The Hall–Kier alpha value is -1.94. The maximum Gasteiger partial charge on any atom is 0.225 e. The van der Waals surface area contributed by atoms with Gasteiger partial charge in [0.1, 0.15) is 0 Å². The van der Waals surface area contributed by atoms with E-state index in [-0.39, 0.29) is 12.3 Å². The molecule has 1 N–H and O–H groups in total. The minimum Gasteiger partial charge on any atom is -0.326 e. The van der Waals surface area contributed by atoms with E-state index < -0.39 is 10.8 Å². The number of rotatable bonds is 6. The second-order valence-corrected chi connectivity index (χ2v) is 6.46. The average molecular weight is 301 g/mol. The van der Waals surface area contributed by atoms with Crippen molar-refractivity contribution in [1.29, 1.82) is 0 Å². The molecule has 0 aliphatic carbocycles. The van der Waals surface area contributed by atoms with Crippen LogP contribution in [0.15, 0.2) is 54.6 Å². The van der Waals surface area contributed by atoms with Crippen molar-refractivity contribution in [3.8, 4) is 0 Å². The highest BCUT2D eigenvalue weighted by Crippen LogP contribution is 2.11. The van der Waals surface area contributed by atoms with E-state index in [2.05, 4.69) is 5.32 Å². The van der Waals surface area contributed by atoms with Gasteiger partial charge in [-0.1, -0.05) is 42.5 Å². The SMILES string of the molecule is Cc1ccccc1C[S@](=O)CCC(=O)Nc1ccccc1. The lowest BCUT2D eigenvalue weighted by Crippen LogP contribution is -2.15. The molecule has 3 nitrogen and oxygen atoms in total. The Balaban J connectivity index is 1.79. The van der Waals surface area contributed by atoms with Gasteiger partial charge in [0.05, 0.1) is 0 Å². The number of para-hydroxylation sites is 1. The van der Waals surface area contributed by atoms with Gasteiger partial charge < -0.3 is 5.32 Å². The van der Waals surface area contributed by atoms with Crippen molar-refractivity contribution >= 4 is 22.4 Å². The Morgan fingerprint density at radius 2 is 1.71 bits per heavy atom. The summed E-state index contributed by atoms with van der Waals surface area (Å²) in [5.74, 6) is 0.789. The molecule has 0 fully saturated rings. The Kier molecular flexibility index (Phi) is 5.69. The Bertz CT molecular complexity index is 626. The standard InChI is InChI=1S/C17H19NO2S/c1-14-7-5-6-8-15(14)13-21(20)12-11-17(19)18-16-9-3-2-4-10-16/h2-10H,11-13H2,1H3,(H,18,19)/t21-/m1/s1. The minimum atomic E-state index is -1.02. The van der Waals surface area contributed by atoms with Gasteiger partial charge in [-0.25, -0.2) is 0 Å². The summed E-state index contributed by atoms with van der Waals surface area (Å²) in [6, 6.07) is 17.2. The Labute approximate surface area is 127 Å². The number of carbonyl (C=O) groups is 1. The number of carbonyl (C=O) groups excluding carboxylic acids is 1. The number of nitrogens with one attached hydrogen (secondary N) is 1. The van der Waals surface area contributed by atoms with E-state index in [1.807, 2.05) is 61.5 Å². The van der Waals surface area contributed by atoms with Crippen LogP contribution >= 0.6 is 0 Å². The van der Waals surface area contributed by atoms with Crippen LogP contribution in [-0.2, 0) is 21.3 Å². The molecular formula is C17H19NO2S. The summed E-state index contributed by atoms with van der Waals surface area (Å²) >= 11 is 0. The van der Waals surface area contributed by atoms with E-state index in [0.717, 1.165) is 16.8 Å². The van der Waals surface area contributed by atoms with Crippen LogP contribution in [0.25, 0.3) is 0 Å². The molecule has 0 unspecified atom stereocenters. The number of hydrogen-bond donors (Lipinski definition) is 1. The summed E-state index contributed by atoms with van der Waals surface area (Å²) < 4.78 is 12.1. The molecule has 0 heterocycles. The molecule has 2 aromatic carbocycles. The first-order valence-electron chi connectivity index (χ1n) is 6.89. The molecule has 0 radical (unpaired) electrons. The van der Waals surface area contributed by atoms with E-state index in [1.54, 1.807) is 0 Å². The zero-order valence-electron chi connectivity index (χ0n) is 12.0. The second-order valence-electron chi connectivity index (χ2n) is 4.88. The number of amides is 1. The topological polar surface area (TPSA) is 46.2 Å². The maximum absolute atomic E-state index is 12.1. The fourth-order valence-electron chi connectivity index (χ4n) is 1.97. The van der Waals surface area contributed by atoms with Crippen molar-refractivity contribution in [1.82, 2.24) is 0 Å². The van der Waals surface area contributed by atoms with E-state index in [0.29, 0.717) is 11.5 Å². The van der Waals surface area contributed by atoms with Crippen molar-refractivity contribution < 1.29 is 9.00 Å². The minimum absolute atomic E-state index is 0.0978. The van der Waals surface area contributed by atoms with Gasteiger partial charge in [-0.3, -0.25) is 9.00 Å². The van der Waals surface area contributed by atoms with E-state index >= 15 is 0 Å². The molecule has 0 saturated heterocycles. The van der Waals surface area contributed by atoms with Crippen LogP contribution < -0.4 is 5.32 Å². The summed E-state index contributed by atoms with van der Waals surface area (Å²) in [6.07, 6.45) is 0.271. The fourth-order valence-corrected chi connectivity index (χ4v) is 3.20. The Morgan fingerprint density at radius 1 is 1.05 bits per heavy atom. The van der Waals surface area contributed by atoms with Crippen molar-refractivity contribution in [2.45, 2.75) is 19.1 Å². The number of hydrogen-bond acceptors (Lipinski definition) is 2. The summed E-state index contributed by atoms with van der Waals surface area (Å²) in [6.45, 7) is 2.01. The van der Waals surface area contributed by atoms with Crippen molar-refractivity contribution in [3.63, 3.8) is 0 Å². The predicted molar refractivity (Wildman–Crippen MR) is 87.6 cm³/mol. The van der Waals surface area contributed by atoms with Gasteiger partial charge in [0.15, 0.2) is 0 Å². The van der Waals surface area contributed by atoms with E-state index in [9.17, 15) is 9.00 Å². The molecule has 1 atom stereocenters. The highest BCUT2D eigenvalue weighted by molar-refractivity contribution is 7.84. The van der Waals surface area contributed by atoms with Crippen molar-refractivity contribution in [2.75, 3.05) is 11.1 Å². The third-order valence-electron chi connectivity index (χ3n) is 3.19. The van der Waals surface area contributed by atoms with E-state index in [1.165, 1.54) is 0 Å². The van der Waals surface area contributed by atoms with Gasteiger partial charge in [0.25, 0.3) is 0 Å². The third-order valence-corrected chi connectivity index (χ3v) is 4.48. The van der Waals surface area contributed by atoms with Gasteiger partial charge in [0, 0.05) is 34.4 Å². The third kappa shape index (κ3) is 5.16. The van der Waals surface area contributed by atoms with Crippen molar-refractivity contribution in [2.24, 2.45) is 0 Å². The molecule has 21 heavy (non-hydrogen) atoms. The zero-order chi connectivity index (χ0) is 15.1. The van der Waals surface area contributed by atoms with Crippen molar-refractivity contribution in [3.05, 3.63) is 65.7 Å². The predicted octanol–water partition coefficient (Wildman–Crippen LogP) is 3.27. The smallest absolute Gasteiger partial charge is 0.225 e. The molecule has 0 spiro atoms. The molecule has 0 saturated carbocycles. The summed E-state index contributed by atoms with van der Waals surface area (Å²) in [7, 11) is -1.02. The molecule has 0 aromatic heterocycles. The van der Waals surface area contributed by atoms with Gasteiger partial charge >= 0.3 is 0 Å². The molecule has 0 aliphatic heterocycles. The van der Waals surface area contributed by atoms with Crippen LogP contribution in [0.4, 0.5) is 5.69 Å². The first kappa shape index (κ1) is 15.4.